The molecule has 2 heterocycles. The van der Waals surface area contributed by atoms with E-state index in [2.05, 4.69) is 26.9 Å². The molecule has 4 atom stereocenters. The average molecular weight is 278 g/mol. The van der Waals surface area contributed by atoms with Gasteiger partial charge in [0.15, 0.2) is 11.1 Å². The molecular formula is C9H14N2O6S. The van der Waals surface area contributed by atoms with Crippen molar-refractivity contribution >= 4 is 12.2 Å². The summed E-state index contributed by atoms with van der Waals surface area (Å²) < 4.78 is 4.90. The molecule has 1 aromatic rings. The van der Waals surface area contributed by atoms with E-state index in [0.29, 0.717) is 4.77 Å². The Bertz CT molecular complexity index is 449. The van der Waals surface area contributed by atoms with Crippen molar-refractivity contribution in [1.82, 2.24) is 9.97 Å². The highest BCUT2D eigenvalue weighted by Crippen LogP contribution is 2.18. The van der Waals surface area contributed by atoms with E-state index in [1.807, 2.05) is 0 Å². The van der Waals surface area contributed by atoms with Gasteiger partial charge in [-0.1, -0.05) is 0 Å². The fourth-order valence-corrected chi connectivity index (χ4v) is 1.43. The second-order valence-corrected chi connectivity index (χ2v) is 3.93. The van der Waals surface area contributed by atoms with Gasteiger partial charge in [-0.3, -0.25) is 9.78 Å². The van der Waals surface area contributed by atoms with E-state index < -0.39 is 31.2 Å². The summed E-state index contributed by atoms with van der Waals surface area (Å²) in [5.74, 6) is 0. The summed E-state index contributed by atoms with van der Waals surface area (Å²) in [6.45, 7) is -0.407. The number of aliphatic hydroxyl groups excluding tert-OH is 4. The third-order valence-electron chi connectivity index (χ3n) is 2.20. The van der Waals surface area contributed by atoms with E-state index in [9.17, 15) is 4.79 Å². The number of aliphatic hydroxyl groups is 4. The Labute approximate surface area is 107 Å². The molecule has 2 rings (SSSR count). The minimum absolute atomic E-state index is 0.172. The highest BCUT2D eigenvalue weighted by molar-refractivity contribution is 7.71. The van der Waals surface area contributed by atoms with E-state index in [-0.39, 0.29) is 5.56 Å². The molecule has 0 radical (unpaired) electrons. The maximum absolute atomic E-state index is 10.3. The summed E-state index contributed by atoms with van der Waals surface area (Å²) in [5, 5.41) is 35.0. The molecule has 1 saturated heterocycles. The zero-order valence-corrected chi connectivity index (χ0v) is 10.0. The summed E-state index contributed by atoms with van der Waals surface area (Å²) in [5.41, 5.74) is -0.172. The van der Waals surface area contributed by atoms with Crippen molar-refractivity contribution in [3.05, 3.63) is 27.4 Å². The van der Waals surface area contributed by atoms with Crippen LogP contribution in [-0.4, -0.2) is 61.6 Å². The number of aromatic nitrogens is 2. The fourth-order valence-electron chi connectivity index (χ4n) is 1.26. The van der Waals surface area contributed by atoms with Crippen molar-refractivity contribution in [3.8, 4) is 0 Å². The topological polar surface area (TPSA) is 139 Å². The summed E-state index contributed by atoms with van der Waals surface area (Å²) in [6.07, 6.45) is -3.25. The van der Waals surface area contributed by atoms with Gasteiger partial charge >= 0.3 is 0 Å². The highest BCUT2D eigenvalue weighted by atomic mass is 32.1. The number of nitrogens with one attached hydrogen (secondary N) is 2. The fraction of sp³-hybridized carbons (Fsp3) is 0.556. The molecule has 102 valence electrons. The van der Waals surface area contributed by atoms with Crippen LogP contribution in [0.15, 0.2) is 17.1 Å². The maximum atomic E-state index is 10.3. The lowest BCUT2D eigenvalue weighted by molar-refractivity contribution is -0.132. The normalized spacial score (nSPS) is 30.7. The van der Waals surface area contributed by atoms with Gasteiger partial charge in [0.25, 0.3) is 5.56 Å². The van der Waals surface area contributed by atoms with Crippen LogP contribution in [-0.2, 0) is 4.74 Å². The van der Waals surface area contributed by atoms with Crippen molar-refractivity contribution in [2.45, 2.75) is 24.6 Å². The van der Waals surface area contributed by atoms with Gasteiger partial charge in [0.05, 0.1) is 6.61 Å². The molecule has 8 nitrogen and oxygen atoms in total. The molecule has 9 heteroatoms. The van der Waals surface area contributed by atoms with Gasteiger partial charge in [0, 0.05) is 12.3 Å². The van der Waals surface area contributed by atoms with E-state index in [4.69, 9.17) is 20.4 Å². The largest absolute Gasteiger partial charge is 0.394 e. The van der Waals surface area contributed by atoms with Crippen LogP contribution in [0.2, 0.25) is 0 Å². The van der Waals surface area contributed by atoms with Crippen LogP contribution < -0.4 is 5.56 Å². The Kier molecular flexibility index (Phi) is 5.59. The Morgan fingerprint density at radius 2 is 2.00 bits per heavy atom. The summed E-state index contributed by atoms with van der Waals surface area (Å²) in [7, 11) is 0. The molecule has 0 saturated carbocycles. The number of H-pyrrole nitrogens is 2. The first kappa shape index (κ1) is 15.0. The van der Waals surface area contributed by atoms with Crippen molar-refractivity contribution in [2.75, 3.05) is 6.61 Å². The number of rotatable bonds is 1. The third-order valence-corrected chi connectivity index (χ3v) is 2.42. The Morgan fingerprint density at radius 1 is 1.33 bits per heavy atom. The standard InChI is InChI=1S/C5H10O5.C4H4N2OS/c6-1-2-3(7)4(8)5(9)10-2;7-3-1-2-5-4(8)6-3/h2-9H,1H2;1-2H,(H2,5,6,7,8)/t2-,3-,4+,5?;/m1./s1. The smallest absolute Gasteiger partial charge is 0.251 e. The molecule has 0 bridgehead atoms. The predicted octanol–water partition coefficient (Wildman–Crippen LogP) is -2.15. The lowest BCUT2D eigenvalue weighted by atomic mass is 10.1. The number of hydrogen-bond donors (Lipinski definition) is 6. The molecule has 6 N–H and O–H groups in total. The Hall–Kier alpha value is -1.10. The first-order chi connectivity index (χ1) is 8.45. The molecule has 0 amide bonds. The number of ether oxygens (including phenoxy) is 1. The SMILES string of the molecule is O=c1cc[nH]c(=S)[nH]1.OC[C@H]1OC(O)[C@@H](O)[C@@H]1O. The molecule has 0 aromatic carbocycles. The van der Waals surface area contributed by atoms with E-state index in [1.165, 1.54) is 12.3 Å². The molecular weight excluding hydrogens is 264 g/mol. The lowest BCUT2D eigenvalue weighted by Crippen LogP contribution is -2.33. The Balaban J connectivity index is 0.000000184. The maximum Gasteiger partial charge on any atom is 0.251 e. The van der Waals surface area contributed by atoms with Crippen molar-refractivity contribution in [2.24, 2.45) is 0 Å². The predicted molar refractivity (Wildman–Crippen MR) is 62.2 cm³/mol. The minimum atomic E-state index is -1.38. The van der Waals surface area contributed by atoms with Crippen molar-refractivity contribution in [1.29, 1.82) is 0 Å². The molecule has 1 unspecified atom stereocenters. The second-order valence-electron chi connectivity index (χ2n) is 3.52. The van der Waals surface area contributed by atoms with E-state index in [1.54, 1.807) is 0 Å². The Morgan fingerprint density at radius 3 is 2.28 bits per heavy atom. The van der Waals surface area contributed by atoms with Crippen LogP contribution in [0, 0.1) is 4.77 Å². The van der Waals surface area contributed by atoms with E-state index in [0.717, 1.165) is 0 Å². The van der Waals surface area contributed by atoms with Gasteiger partial charge in [-0.2, -0.15) is 0 Å². The highest BCUT2D eigenvalue weighted by Gasteiger charge is 2.41. The first-order valence-corrected chi connectivity index (χ1v) is 5.45. The zero-order chi connectivity index (χ0) is 13.7. The molecule has 18 heavy (non-hydrogen) atoms. The molecule has 1 aliphatic heterocycles. The lowest BCUT2D eigenvalue weighted by Gasteiger charge is -2.09. The number of hydrogen-bond acceptors (Lipinski definition) is 7. The van der Waals surface area contributed by atoms with Gasteiger partial charge in [0.1, 0.15) is 18.3 Å². The molecule has 0 spiro atoms. The van der Waals surface area contributed by atoms with Crippen molar-refractivity contribution in [3.63, 3.8) is 0 Å². The van der Waals surface area contributed by atoms with Crippen LogP contribution >= 0.6 is 12.2 Å². The van der Waals surface area contributed by atoms with Gasteiger partial charge in [-0.15, -0.1) is 0 Å². The molecule has 0 aliphatic carbocycles. The van der Waals surface area contributed by atoms with Crippen LogP contribution in [0.4, 0.5) is 0 Å². The average Bonchev–Trinajstić information content (AvgIpc) is 2.57. The number of aromatic amines is 2. The monoisotopic (exact) mass is 278 g/mol. The van der Waals surface area contributed by atoms with Crippen LogP contribution in [0.5, 0.6) is 0 Å². The second kappa shape index (κ2) is 6.73. The summed E-state index contributed by atoms with van der Waals surface area (Å²) >= 11 is 4.59. The minimum Gasteiger partial charge on any atom is -0.394 e. The van der Waals surface area contributed by atoms with Gasteiger partial charge < -0.3 is 30.1 Å². The quantitative estimate of drug-likeness (QED) is 0.322. The first-order valence-electron chi connectivity index (χ1n) is 5.04. The van der Waals surface area contributed by atoms with Gasteiger partial charge in [-0.05, 0) is 12.2 Å². The van der Waals surface area contributed by atoms with Crippen LogP contribution in [0.3, 0.4) is 0 Å². The van der Waals surface area contributed by atoms with Gasteiger partial charge in [0.2, 0.25) is 0 Å². The molecule has 1 fully saturated rings. The third kappa shape index (κ3) is 3.98. The molecule has 1 aliphatic rings. The summed E-state index contributed by atoms with van der Waals surface area (Å²) in [4.78, 5) is 15.4. The van der Waals surface area contributed by atoms with Crippen LogP contribution in [0.25, 0.3) is 0 Å². The summed E-state index contributed by atoms with van der Waals surface area (Å²) in [6, 6.07) is 1.37. The van der Waals surface area contributed by atoms with E-state index >= 15 is 0 Å². The molecule has 1 aromatic heterocycles. The van der Waals surface area contributed by atoms with Gasteiger partial charge in [-0.25, -0.2) is 0 Å². The zero-order valence-electron chi connectivity index (χ0n) is 9.18. The van der Waals surface area contributed by atoms with Crippen LogP contribution in [0.1, 0.15) is 0 Å². The van der Waals surface area contributed by atoms with Crippen molar-refractivity contribution < 1.29 is 25.2 Å².